The number of halogens is 6. The van der Waals surface area contributed by atoms with Crippen molar-refractivity contribution in [2.45, 2.75) is 29.8 Å². The van der Waals surface area contributed by atoms with Crippen LogP contribution in [0.4, 0.5) is 36.8 Å². The average molecular weight is 456 g/mol. The van der Waals surface area contributed by atoms with Crippen LogP contribution >= 0.6 is 0 Å². The SMILES string of the molecule is Cc1ccc(S(=O)(=O)NC(=O)Nc2ccc(C(O)(C(F)(F)F)C(F)(F)F)cc2)cc1. The van der Waals surface area contributed by atoms with Gasteiger partial charge in [-0.1, -0.05) is 29.8 Å². The maximum Gasteiger partial charge on any atom is 0.430 e. The summed E-state index contributed by atoms with van der Waals surface area (Å²) in [5, 5.41) is 11.3. The van der Waals surface area contributed by atoms with E-state index in [0.717, 1.165) is 5.56 Å². The van der Waals surface area contributed by atoms with E-state index in [0.29, 0.717) is 24.3 Å². The fraction of sp³-hybridized carbons (Fsp3) is 0.235. The first-order valence-electron chi connectivity index (χ1n) is 7.95. The first-order valence-corrected chi connectivity index (χ1v) is 9.43. The van der Waals surface area contributed by atoms with Gasteiger partial charge in [0.15, 0.2) is 0 Å². The van der Waals surface area contributed by atoms with Crippen molar-refractivity contribution in [1.29, 1.82) is 0 Å². The second-order valence-electron chi connectivity index (χ2n) is 6.16. The minimum atomic E-state index is -6.06. The number of nitrogens with one attached hydrogen (secondary N) is 2. The molecule has 0 unspecified atom stereocenters. The summed E-state index contributed by atoms with van der Waals surface area (Å²) in [6.45, 7) is 1.71. The highest BCUT2D eigenvalue weighted by molar-refractivity contribution is 7.90. The molecular weight excluding hydrogens is 442 g/mol. The zero-order valence-corrected chi connectivity index (χ0v) is 15.8. The van der Waals surface area contributed by atoms with Crippen molar-refractivity contribution in [3.05, 3.63) is 59.7 Å². The van der Waals surface area contributed by atoms with E-state index < -0.39 is 39.6 Å². The number of urea groups is 1. The summed E-state index contributed by atoms with van der Waals surface area (Å²) in [6, 6.07) is 6.04. The number of rotatable bonds is 4. The van der Waals surface area contributed by atoms with Gasteiger partial charge in [0, 0.05) is 11.3 Å². The second kappa shape index (κ2) is 7.80. The molecule has 2 rings (SSSR count). The van der Waals surface area contributed by atoms with E-state index in [1.54, 1.807) is 11.6 Å². The Morgan fingerprint density at radius 2 is 1.33 bits per heavy atom. The summed E-state index contributed by atoms with van der Waals surface area (Å²) in [6.07, 6.45) is -12.1. The molecule has 3 N–H and O–H groups in total. The molecule has 0 fully saturated rings. The fourth-order valence-electron chi connectivity index (χ4n) is 2.34. The van der Waals surface area contributed by atoms with Crippen LogP contribution in [0.5, 0.6) is 0 Å². The Balaban J connectivity index is 2.19. The van der Waals surface area contributed by atoms with Crippen LogP contribution in [0.25, 0.3) is 0 Å². The number of benzene rings is 2. The Bertz CT molecular complexity index is 1000. The normalized spacial score (nSPS) is 13.1. The summed E-state index contributed by atoms with van der Waals surface area (Å²) in [7, 11) is -4.27. The van der Waals surface area contributed by atoms with Gasteiger partial charge in [-0.05, 0) is 31.2 Å². The van der Waals surface area contributed by atoms with Crippen molar-refractivity contribution in [2.75, 3.05) is 5.32 Å². The van der Waals surface area contributed by atoms with Crippen molar-refractivity contribution in [1.82, 2.24) is 4.72 Å². The molecule has 0 saturated carbocycles. The molecule has 0 heterocycles. The zero-order chi connectivity index (χ0) is 23.0. The number of aryl methyl sites for hydroxylation is 1. The highest BCUT2D eigenvalue weighted by Crippen LogP contribution is 2.50. The smallest absolute Gasteiger partial charge is 0.369 e. The Labute approximate surface area is 166 Å². The molecule has 164 valence electrons. The van der Waals surface area contributed by atoms with Crippen LogP contribution in [0.1, 0.15) is 11.1 Å². The summed E-state index contributed by atoms with van der Waals surface area (Å²) in [4.78, 5) is 11.6. The van der Waals surface area contributed by atoms with E-state index in [-0.39, 0.29) is 10.6 Å². The standard InChI is InChI=1S/C17H14F6N2O4S/c1-10-2-8-13(9-3-10)30(28,29)25-14(26)24-12-6-4-11(5-7-12)15(27,16(18,19)20)17(21,22)23/h2-9,27H,1H3,(H2,24,25,26). The molecule has 6 nitrogen and oxygen atoms in total. The Morgan fingerprint density at radius 1 is 0.867 bits per heavy atom. The van der Waals surface area contributed by atoms with Gasteiger partial charge in [-0.2, -0.15) is 26.3 Å². The van der Waals surface area contributed by atoms with Gasteiger partial charge in [-0.15, -0.1) is 0 Å². The number of amides is 2. The zero-order valence-electron chi connectivity index (χ0n) is 15.0. The summed E-state index contributed by atoms with van der Waals surface area (Å²) in [5.41, 5.74) is -6.20. The van der Waals surface area contributed by atoms with Gasteiger partial charge >= 0.3 is 18.4 Å². The lowest BCUT2D eigenvalue weighted by atomic mass is 9.92. The molecule has 2 amide bonds. The van der Waals surface area contributed by atoms with Gasteiger partial charge in [-0.3, -0.25) is 0 Å². The quantitative estimate of drug-likeness (QED) is 0.610. The average Bonchev–Trinajstić information content (AvgIpc) is 2.59. The first-order chi connectivity index (χ1) is 13.6. The number of aliphatic hydroxyl groups is 1. The minimum Gasteiger partial charge on any atom is -0.369 e. The van der Waals surface area contributed by atoms with E-state index >= 15 is 0 Å². The van der Waals surface area contributed by atoms with Crippen molar-refractivity contribution in [3.8, 4) is 0 Å². The number of hydrogen-bond donors (Lipinski definition) is 3. The molecule has 0 aromatic heterocycles. The summed E-state index contributed by atoms with van der Waals surface area (Å²) in [5.74, 6) is 0. The number of sulfonamides is 1. The molecule has 0 aliphatic heterocycles. The highest BCUT2D eigenvalue weighted by atomic mass is 32.2. The lowest BCUT2D eigenvalue weighted by Gasteiger charge is -2.32. The lowest BCUT2D eigenvalue weighted by Crippen LogP contribution is -2.53. The fourth-order valence-corrected chi connectivity index (χ4v) is 3.25. The van der Waals surface area contributed by atoms with Crippen molar-refractivity contribution in [3.63, 3.8) is 0 Å². The summed E-state index contributed by atoms with van der Waals surface area (Å²) < 4.78 is 103. The van der Waals surface area contributed by atoms with Crippen LogP contribution in [0.3, 0.4) is 0 Å². The maximum atomic E-state index is 12.9. The van der Waals surface area contributed by atoms with Gasteiger partial charge in [0.1, 0.15) is 0 Å². The van der Waals surface area contributed by atoms with Crippen molar-refractivity contribution >= 4 is 21.7 Å². The maximum absolute atomic E-state index is 12.9. The van der Waals surface area contributed by atoms with E-state index in [2.05, 4.69) is 0 Å². The second-order valence-corrected chi connectivity index (χ2v) is 7.84. The highest BCUT2D eigenvalue weighted by Gasteiger charge is 2.71. The van der Waals surface area contributed by atoms with Gasteiger partial charge in [-0.25, -0.2) is 17.9 Å². The number of anilines is 1. The number of carbonyl (C=O) groups excluding carboxylic acids is 1. The number of carbonyl (C=O) groups is 1. The van der Waals surface area contributed by atoms with Crippen LogP contribution in [-0.4, -0.2) is 31.9 Å². The molecule has 0 aliphatic carbocycles. The van der Waals surface area contributed by atoms with Gasteiger partial charge in [0.05, 0.1) is 4.90 Å². The Hall–Kier alpha value is -2.80. The van der Waals surface area contributed by atoms with Gasteiger partial charge < -0.3 is 10.4 Å². The topological polar surface area (TPSA) is 95.5 Å². The summed E-state index contributed by atoms with van der Waals surface area (Å²) >= 11 is 0. The van der Waals surface area contributed by atoms with E-state index in [1.165, 1.54) is 24.3 Å². The molecule has 2 aromatic rings. The third kappa shape index (κ3) is 4.67. The molecular formula is C17H14F6N2O4S. The number of hydrogen-bond acceptors (Lipinski definition) is 4. The van der Waals surface area contributed by atoms with Crippen molar-refractivity contribution in [2.24, 2.45) is 0 Å². The van der Waals surface area contributed by atoms with Gasteiger partial charge in [0.2, 0.25) is 0 Å². The van der Waals surface area contributed by atoms with Crippen LogP contribution in [0, 0.1) is 6.92 Å². The molecule has 0 saturated heterocycles. The lowest BCUT2D eigenvalue weighted by molar-refractivity contribution is -0.376. The van der Waals surface area contributed by atoms with Crippen LogP contribution in [-0.2, 0) is 15.6 Å². The predicted octanol–water partition coefficient (Wildman–Crippen LogP) is 3.82. The molecule has 2 aromatic carbocycles. The predicted molar refractivity (Wildman–Crippen MR) is 93.0 cm³/mol. The molecule has 0 atom stereocenters. The molecule has 0 spiro atoms. The minimum absolute atomic E-state index is 0.237. The molecule has 13 heteroatoms. The first kappa shape index (κ1) is 23.5. The Morgan fingerprint density at radius 3 is 1.77 bits per heavy atom. The Kier molecular flexibility index (Phi) is 6.10. The van der Waals surface area contributed by atoms with Crippen LogP contribution in [0.15, 0.2) is 53.4 Å². The van der Waals surface area contributed by atoms with E-state index in [9.17, 15) is 44.7 Å². The van der Waals surface area contributed by atoms with Crippen LogP contribution < -0.4 is 10.0 Å². The van der Waals surface area contributed by atoms with E-state index in [1.807, 2.05) is 5.32 Å². The monoisotopic (exact) mass is 456 g/mol. The van der Waals surface area contributed by atoms with Crippen molar-refractivity contribution < 1.29 is 44.7 Å². The largest absolute Gasteiger partial charge is 0.430 e. The molecule has 0 aliphatic rings. The molecule has 30 heavy (non-hydrogen) atoms. The van der Waals surface area contributed by atoms with E-state index in [4.69, 9.17) is 0 Å². The number of alkyl halides is 6. The molecule has 0 radical (unpaired) electrons. The third-order valence-corrected chi connectivity index (χ3v) is 5.29. The van der Waals surface area contributed by atoms with Gasteiger partial charge in [0.25, 0.3) is 15.6 Å². The van der Waals surface area contributed by atoms with Crippen LogP contribution in [0.2, 0.25) is 0 Å². The molecule has 0 bridgehead atoms. The third-order valence-electron chi connectivity index (χ3n) is 3.94.